The van der Waals surface area contributed by atoms with Gasteiger partial charge in [-0.25, -0.2) is 4.79 Å². The molecule has 1 atom stereocenters. The molecule has 0 aliphatic heterocycles. The lowest BCUT2D eigenvalue weighted by molar-refractivity contribution is -0.141. The van der Waals surface area contributed by atoms with Gasteiger partial charge in [0.1, 0.15) is 6.04 Å². The van der Waals surface area contributed by atoms with Crippen molar-refractivity contribution >= 4 is 45.2 Å². The van der Waals surface area contributed by atoms with Crippen molar-refractivity contribution in [2.24, 2.45) is 0 Å². The molecule has 0 saturated carbocycles. The van der Waals surface area contributed by atoms with Gasteiger partial charge in [0, 0.05) is 11.0 Å². The van der Waals surface area contributed by atoms with Gasteiger partial charge in [-0.3, -0.25) is 4.79 Å². The maximum atomic E-state index is 11.6. The topological polar surface area (TPSA) is 66.4 Å². The highest BCUT2D eigenvalue weighted by molar-refractivity contribution is 9.11. The van der Waals surface area contributed by atoms with E-state index in [1.807, 2.05) is 19.1 Å². The molecule has 0 saturated heterocycles. The number of carbonyl (C=O) groups excluding carboxylic acids is 1. The first-order valence-corrected chi connectivity index (χ1v) is 7.60. The van der Waals surface area contributed by atoms with Crippen molar-refractivity contribution in [1.82, 2.24) is 5.32 Å². The number of unbranched alkanes of at least 4 members (excludes halogenated alkanes) is 1. The standard InChI is InChI=1S/C13H16BrNO3S/c1-2-3-4-10(13(17)18)15-12(16)8-6-9-5-7-11(14)19-9/h5-8,10H,2-4H2,1H3,(H,15,16)(H,17,18)/b8-6+/t10-/m0/s1. The number of halogens is 1. The molecule has 0 spiro atoms. The van der Waals surface area contributed by atoms with E-state index < -0.39 is 12.0 Å². The summed E-state index contributed by atoms with van der Waals surface area (Å²) in [5.74, 6) is -1.37. The number of aliphatic carboxylic acids is 1. The number of thiophene rings is 1. The van der Waals surface area contributed by atoms with Gasteiger partial charge in [0.15, 0.2) is 0 Å². The fraction of sp³-hybridized carbons (Fsp3) is 0.385. The summed E-state index contributed by atoms with van der Waals surface area (Å²) < 4.78 is 0.985. The van der Waals surface area contributed by atoms with Gasteiger partial charge in [-0.2, -0.15) is 0 Å². The van der Waals surface area contributed by atoms with Crippen molar-refractivity contribution in [1.29, 1.82) is 0 Å². The molecule has 0 aliphatic carbocycles. The van der Waals surface area contributed by atoms with Crippen LogP contribution in [0.15, 0.2) is 22.0 Å². The highest BCUT2D eigenvalue weighted by Crippen LogP contribution is 2.22. The molecule has 4 nitrogen and oxygen atoms in total. The van der Waals surface area contributed by atoms with Crippen LogP contribution in [-0.2, 0) is 9.59 Å². The first kappa shape index (κ1) is 15.9. The minimum atomic E-state index is -0.992. The Kier molecular flexibility index (Phi) is 6.80. The maximum Gasteiger partial charge on any atom is 0.326 e. The van der Waals surface area contributed by atoms with Crippen LogP contribution in [-0.4, -0.2) is 23.0 Å². The lowest BCUT2D eigenvalue weighted by Crippen LogP contribution is -2.39. The molecular formula is C13H16BrNO3S. The van der Waals surface area contributed by atoms with Crippen molar-refractivity contribution < 1.29 is 14.7 Å². The third-order valence-corrected chi connectivity index (χ3v) is 4.04. The lowest BCUT2D eigenvalue weighted by atomic mass is 10.1. The highest BCUT2D eigenvalue weighted by atomic mass is 79.9. The van der Waals surface area contributed by atoms with E-state index in [1.165, 1.54) is 17.4 Å². The first-order chi connectivity index (χ1) is 9.02. The van der Waals surface area contributed by atoms with Gasteiger partial charge in [-0.15, -0.1) is 11.3 Å². The Labute approximate surface area is 124 Å². The first-order valence-electron chi connectivity index (χ1n) is 5.99. The summed E-state index contributed by atoms with van der Waals surface area (Å²) in [5.41, 5.74) is 0. The van der Waals surface area contributed by atoms with Crippen molar-refractivity contribution in [2.75, 3.05) is 0 Å². The summed E-state index contributed by atoms with van der Waals surface area (Å²) in [6.45, 7) is 1.98. The van der Waals surface area contributed by atoms with Crippen molar-refractivity contribution in [2.45, 2.75) is 32.2 Å². The average Bonchev–Trinajstić information content (AvgIpc) is 2.77. The number of hydrogen-bond donors (Lipinski definition) is 2. The second kappa shape index (κ2) is 8.12. The number of rotatable bonds is 7. The van der Waals surface area contributed by atoms with Crippen LogP contribution in [0.4, 0.5) is 0 Å². The molecule has 1 aromatic heterocycles. The Morgan fingerprint density at radius 2 is 2.26 bits per heavy atom. The monoisotopic (exact) mass is 345 g/mol. The van der Waals surface area contributed by atoms with E-state index >= 15 is 0 Å². The molecule has 1 aromatic rings. The van der Waals surface area contributed by atoms with E-state index in [9.17, 15) is 9.59 Å². The van der Waals surface area contributed by atoms with E-state index in [2.05, 4.69) is 21.2 Å². The third kappa shape index (κ3) is 6.02. The predicted octanol–water partition coefficient (Wildman–Crippen LogP) is 3.28. The van der Waals surface area contributed by atoms with Gasteiger partial charge in [-0.05, 0) is 40.6 Å². The van der Waals surface area contributed by atoms with Crippen molar-refractivity contribution in [3.05, 3.63) is 26.9 Å². The molecule has 2 N–H and O–H groups in total. The second-order valence-electron chi connectivity index (χ2n) is 4.02. The van der Waals surface area contributed by atoms with Gasteiger partial charge < -0.3 is 10.4 Å². The van der Waals surface area contributed by atoms with Gasteiger partial charge in [0.05, 0.1) is 3.79 Å². The molecule has 6 heteroatoms. The zero-order valence-electron chi connectivity index (χ0n) is 10.6. The fourth-order valence-electron chi connectivity index (χ4n) is 1.46. The highest BCUT2D eigenvalue weighted by Gasteiger charge is 2.17. The summed E-state index contributed by atoms with van der Waals surface area (Å²) >= 11 is 4.84. The molecule has 0 unspecified atom stereocenters. The third-order valence-electron chi connectivity index (χ3n) is 2.45. The second-order valence-corrected chi connectivity index (χ2v) is 6.51. The summed E-state index contributed by atoms with van der Waals surface area (Å²) in [4.78, 5) is 23.5. The normalized spacial score (nSPS) is 12.5. The Morgan fingerprint density at radius 3 is 2.79 bits per heavy atom. The molecule has 1 rings (SSSR count). The SMILES string of the molecule is CCCC[C@H](NC(=O)/C=C/c1ccc(Br)s1)C(=O)O. The smallest absolute Gasteiger partial charge is 0.326 e. The lowest BCUT2D eigenvalue weighted by Gasteiger charge is -2.12. The Morgan fingerprint density at radius 1 is 1.53 bits per heavy atom. The zero-order chi connectivity index (χ0) is 14.3. The van der Waals surface area contributed by atoms with Crippen LogP contribution in [0.25, 0.3) is 6.08 Å². The number of nitrogens with one attached hydrogen (secondary N) is 1. The number of hydrogen-bond acceptors (Lipinski definition) is 3. The van der Waals surface area contributed by atoms with Gasteiger partial charge in [0.2, 0.25) is 5.91 Å². The largest absolute Gasteiger partial charge is 0.480 e. The molecule has 0 bridgehead atoms. The molecular weight excluding hydrogens is 330 g/mol. The Balaban J connectivity index is 2.52. The molecule has 104 valence electrons. The van der Waals surface area contributed by atoms with Crippen LogP contribution in [0, 0.1) is 0 Å². The van der Waals surface area contributed by atoms with Gasteiger partial charge in [0.25, 0.3) is 0 Å². The van der Waals surface area contributed by atoms with Gasteiger partial charge >= 0.3 is 5.97 Å². The van der Waals surface area contributed by atoms with Crippen molar-refractivity contribution in [3.8, 4) is 0 Å². The van der Waals surface area contributed by atoms with Gasteiger partial charge in [-0.1, -0.05) is 19.8 Å². The Hall–Kier alpha value is -1.14. The molecule has 1 amide bonds. The zero-order valence-corrected chi connectivity index (χ0v) is 13.0. The quantitative estimate of drug-likeness (QED) is 0.745. The van der Waals surface area contributed by atoms with E-state index in [1.54, 1.807) is 6.08 Å². The molecule has 0 radical (unpaired) electrons. The maximum absolute atomic E-state index is 11.6. The molecule has 1 heterocycles. The molecule has 0 aromatic carbocycles. The number of amides is 1. The Bertz CT molecular complexity index is 470. The molecule has 0 aliphatic rings. The average molecular weight is 346 g/mol. The summed E-state index contributed by atoms with van der Waals surface area (Å²) in [7, 11) is 0. The molecule has 0 fully saturated rings. The van der Waals surface area contributed by atoms with Crippen LogP contribution >= 0.6 is 27.3 Å². The van der Waals surface area contributed by atoms with Crippen LogP contribution < -0.4 is 5.32 Å². The fourth-order valence-corrected chi connectivity index (χ4v) is 2.79. The number of carboxylic acid groups (broad SMARTS) is 1. The van der Waals surface area contributed by atoms with Crippen LogP contribution in [0.1, 0.15) is 31.1 Å². The minimum Gasteiger partial charge on any atom is -0.480 e. The van der Waals surface area contributed by atoms with Crippen molar-refractivity contribution in [3.63, 3.8) is 0 Å². The molecule has 19 heavy (non-hydrogen) atoms. The van der Waals surface area contributed by atoms with E-state index in [-0.39, 0.29) is 5.91 Å². The van der Waals surface area contributed by atoms with E-state index in [0.717, 1.165) is 21.5 Å². The van der Waals surface area contributed by atoms with E-state index in [4.69, 9.17) is 5.11 Å². The number of carboxylic acids is 1. The summed E-state index contributed by atoms with van der Waals surface area (Å²) in [6.07, 6.45) is 5.16. The van der Waals surface area contributed by atoms with Crippen LogP contribution in [0.3, 0.4) is 0 Å². The summed E-state index contributed by atoms with van der Waals surface area (Å²) in [6, 6.07) is 2.96. The van der Waals surface area contributed by atoms with Crippen LogP contribution in [0.2, 0.25) is 0 Å². The summed E-state index contributed by atoms with van der Waals surface area (Å²) in [5, 5.41) is 11.5. The number of carbonyl (C=O) groups is 2. The minimum absolute atomic E-state index is 0.381. The van der Waals surface area contributed by atoms with E-state index in [0.29, 0.717) is 6.42 Å². The predicted molar refractivity (Wildman–Crippen MR) is 80.1 cm³/mol. The van der Waals surface area contributed by atoms with Crippen LogP contribution in [0.5, 0.6) is 0 Å².